The third-order valence-corrected chi connectivity index (χ3v) is 5.91. The van der Waals surface area contributed by atoms with Gasteiger partial charge in [0, 0.05) is 34.8 Å². The minimum atomic E-state index is -0.215. The average molecular weight is 412 g/mol. The fraction of sp³-hybridized carbons (Fsp3) is 0.250. The highest BCUT2D eigenvalue weighted by Crippen LogP contribution is 2.31. The topological polar surface area (TPSA) is 88.5 Å². The molecule has 0 atom stereocenters. The van der Waals surface area contributed by atoms with Crippen LogP contribution in [0.25, 0.3) is 16.9 Å². The summed E-state index contributed by atoms with van der Waals surface area (Å²) in [5, 5.41) is 15.2. The summed E-state index contributed by atoms with van der Waals surface area (Å²) in [6, 6.07) is 12.0. The summed E-state index contributed by atoms with van der Waals surface area (Å²) in [5.41, 5.74) is 7.68. The Morgan fingerprint density at radius 2 is 1.97 bits per heavy atom. The summed E-state index contributed by atoms with van der Waals surface area (Å²) in [6.45, 7) is 4.12. The van der Waals surface area contributed by atoms with Crippen molar-refractivity contribution in [2.45, 2.75) is 39.5 Å². The van der Waals surface area contributed by atoms with Crippen LogP contribution in [0.2, 0.25) is 0 Å². The number of hydrogen-bond acceptors (Lipinski definition) is 4. The number of hydrogen-bond donors (Lipinski definition) is 2. The highest BCUT2D eigenvalue weighted by atomic mass is 16.2. The second-order valence-electron chi connectivity index (χ2n) is 7.80. The van der Waals surface area contributed by atoms with Gasteiger partial charge in [-0.25, -0.2) is 4.68 Å². The Morgan fingerprint density at radius 1 is 1.16 bits per heavy atom. The number of aromatic amines is 1. The van der Waals surface area contributed by atoms with Crippen molar-refractivity contribution in [1.29, 1.82) is 0 Å². The van der Waals surface area contributed by atoms with E-state index in [0.29, 0.717) is 11.5 Å². The van der Waals surface area contributed by atoms with Crippen molar-refractivity contribution < 1.29 is 4.79 Å². The Kier molecular flexibility index (Phi) is 4.86. The molecule has 0 spiro atoms. The van der Waals surface area contributed by atoms with Gasteiger partial charge in [0.05, 0.1) is 11.4 Å². The number of anilines is 1. The Labute approximate surface area is 180 Å². The highest BCUT2D eigenvalue weighted by molar-refractivity contribution is 6.04. The molecule has 0 radical (unpaired) electrons. The number of H-pyrrole nitrogens is 1. The van der Waals surface area contributed by atoms with Crippen LogP contribution in [-0.2, 0) is 19.3 Å². The summed E-state index contributed by atoms with van der Waals surface area (Å²) in [6.07, 6.45) is 7.06. The smallest absolute Gasteiger partial charge is 0.277 e. The van der Waals surface area contributed by atoms with E-state index in [1.165, 1.54) is 0 Å². The highest BCUT2D eigenvalue weighted by Gasteiger charge is 2.28. The third kappa shape index (κ3) is 3.32. The number of rotatable bonds is 5. The maximum atomic E-state index is 13.3. The number of aromatic nitrogens is 5. The first-order valence-electron chi connectivity index (χ1n) is 10.6. The second kappa shape index (κ2) is 7.83. The van der Waals surface area contributed by atoms with Crippen molar-refractivity contribution in [2.75, 3.05) is 5.32 Å². The molecular weight excluding hydrogens is 388 g/mol. The molecule has 31 heavy (non-hydrogen) atoms. The van der Waals surface area contributed by atoms with Crippen LogP contribution in [0.1, 0.15) is 46.2 Å². The average Bonchev–Trinajstić information content (AvgIpc) is 3.50. The molecule has 7 nitrogen and oxygen atoms in total. The Morgan fingerprint density at radius 3 is 2.74 bits per heavy atom. The van der Waals surface area contributed by atoms with Gasteiger partial charge in [-0.05, 0) is 56.4 Å². The minimum absolute atomic E-state index is 0.215. The van der Waals surface area contributed by atoms with Crippen LogP contribution >= 0.6 is 0 Å². The van der Waals surface area contributed by atoms with E-state index in [1.807, 2.05) is 35.0 Å². The molecule has 156 valence electrons. The van der Waals surface area contributed by atoms with Gasteiger partial charge in [-0.2, -0.15) is 10.2 Å². The molecule has 0 bridgehead atoms. The van der Waals surface area contributed by atoms with Gasteiger partial charge in [0.1, 0.15) is 0 Å². The molecule has 3 aromatic heterocycles. The lowest BCUT2D eigenvalue weighted by atomic mass is 10.1. The first kappa shape index (κ1) is 19.2. The first-order valence-corrected chi connectivity index (χ1v) is 10.6. The molecule has 1 amide bonds. The minimum Gasteiger partial charge on any atom is -0.303 e. The van der Waals surface area contributed by atoms with E-state index in [4.69, 9.17) is 5.10 Å². The van der Waals surface area contributed by atoms with Crippen LogP contribution in [0.5, 0.6) is 0 Å². The van der Waals surface area contributed by atoms with Crippen LogP contribution in [0, 0.1) is 6.92 Å². The molecule has 5 rings (SSSR count). The van der Waals surface area contributed by atoms with Gasteiger partial charge in [0.25, 0.3) is 5.91 Å². The maximum Gasteiger partial charge on any atom is 0.277 e. The first-order chi connectivity index (χ1) is 15.2. The number of carbonyl (C=O) groups is 1. The zero-order valence-electron chi connectivity index (χ0n) is 17.6. The fourth-order valence-corrected chi connectivity index (χ4v) is 4.36. The van der Waals surface area contributed by atoms with Crippen LogP contribution < -0.4 is 5.32 Å². The molecule has 7 heteroatoms. The number of carbonyl (C=O) groups excluding carboxylic acids is 1. The molecule has 1 aliphatic rings. The Bertz CT molecular complexity index is 1250. The monoisotopic (exact) mass is 412 g/mol. The number of amides is 1. The van der Waals surface area contributed by atoms with E-state index in [0.717, 1.165) is 65.0 Å². The van der Waals surface area contributed by atoms with E-state index in [9.17, 15) is 4.79 Å². The van der Waals surface area contributed by atoms with Crippen molar-refractivity contribution in [1.82, 2.24) is 25.0 Å². The second-order valence-corrected chi connectivity index (χ2v) is 7.80. The quantitative estimate of drug-likeness (QED) is 0.512. The maximum absolute atomic E-state index is 13.3. The molecule has 0 saturated heterocycles. The van der Waals surface area contributed by atoms with Gasteiger partial charge in [0.15, 0.2) is 11.5 Å². The van der Waals surface area contributed by atoms with Gasteiger partial charge in [-0.15, -0.1) is 0 Å². The standard InChI is InChI=1S/C24H24N6O/c1-3-17-21(16-11-13-25-14-12-16)27-28-23(17)26-24(31)22-18-8-6-10-20(18)30(29-22)19-9-5-4-7-15(19)2/h4-5,7,9,11-14H,3,6,8,10H2,1-2H3,(H2,26,27,28,31). The van der Waals surface area contributed by atoms with E-state index >= 15 is 0 Å². The normalized spacial score (nSPS) is 12.7. The molecule has 0 fully saturated rings. The number of benzene rings is 1. The van der Waals surface area contributed by atoms with Crippen molar-refractivity contribution in [2.24, 2.45) is 0 Å². The third-order valence-electron chi connectivity index (χ3n) is 5.91. The van der Waals surface area contributed by atoms with Gasteiger partial charge in [-0.1, -0.05) is 25.1 Å². The summed E-state index contributed by atoms with van der Waals surface area (Å²) < 4.78 is 1.94. The van der Waals surface area contributed by atoms with E-state index in [1.54, 1.807) is 12.4 Å². The lowest BCUT2D eigenvalue weighted by Crippen LogP contribution is -2.16. The molecule has 2 N–H and O–H groups in total. The molecular formula is C24H24N6O. The summed E-state index contributed by atoms with van der Waals surface area (Å²) >= 11 is 0. The van der Waals surface area contributed by atoms with Crippen LogP contribution in [0.3, 0.4) is 0 Å². The predicted molar refractivity (Wildman–Crippen MR) is 119 cm³/mol. The summed E-state index contributed by atoms with van der Waals surface area (Å²) in [4.78, 5) is 17.3. The van der Waals surface area contributed by atoms with Crippen molar-refractivity contribution in [3.8, 4) is 16.9 Å². The summed E-state index contributed by atoms with van der Waals surface area (Å²) in [7, 11) is 0. The predicted octanol–water partition coefficient (Wildman–Crippen LogP) is 4.27. The van der Waals surface area contributed by atoms with Gasteiger partial charge in [0.2, 0.25) is 0 Å². The van der Waals surface area contributed by atoms with E-state index < -0.39 is 0 Å². The van der Waals surface area contributed by atoms with Crippen LogP contribution in [-0.4, -0.2) is 30.9 Å². The van der Waals surface area contributed by atoms with Gasteiger partial charge < -0.3 is 5.32 Å². The molecule has 1 aromatic carbocycles. The van der Waals surface area contributed by atoms with Crippen molar-refractivity contribution in [3.05, 3.63) is 76.9 Å². The van der Waals surface area contributed by atoms with E-state index in [-0.39, 0.29) is 5.91 Å². The number of aryl methyl sites for hydroxylation is 1. The Balaban J connectivity index is 1.50. The number of para-hydroxylation sites is 1. The van der Waals surface area contributed by atoms with Crippen molar-refractivity contribution in [3.63, 3.8) is 0 Å². The van der Waals surface area contributed by atoms with Crippen LogP contribution in [0.15, 0.2) is 48.8 Å². The lowest BCUT2D eigenvalue weighted by molar-refractivity contribution is 0.102. The molecule has 1 aliphatic carbocycles. The van der Waals surface area contributed by atoms with Crippen LogP contribution in [0.4, 0.5) is 5.82 Å². The van der Waals surface area contributed by atoms with E-state index in [2.05, 4.69) is 40.4 Å². The zero-order valence-corrected chi connectivity index (χ0v) is 17.6. The van der Waals surface area contributed by atoms with Gasteiger partial charge >= 0.3 is 0 Å². The number of nitrogens with zero attached hydrogens (tertiary/aromatic N) is 4. The zero-order chi connectivity index (χ0) is 21.4. The molecule has 0 aliphatic heterocycles. The number of fused-ring (bicyclic) bond motifs is 1. The fourth-order valence-electron chi connectivity index (χ4n) is 4.36. The SMILES string of the molecule is CCc1c(NC(=O)c2nn(-c3ccccc3C)c3c2CCC3)n[nH]c1-c1ccncc1. The lowest BCUT2D eigenvalue weighted by Gasteiger charge is -2.08. The number of nitrogens with one attached hydrogen (secondary N) is 2. The largest absolute Gasteiger partial charge is 0.303 e. The van der Waals surface area contributed by atoms with Crippen molar-refractivity contribution >= 4 is 11.7 Å². The Hall–Kier alpha value is -3.74. The molecule has 4 aromatic rings. The number of pyridine rings is 1. The van der Waals surface area contributed by atoms with Gasteiger partial charge in [-0.3, -0.25) is 14.9 Å². The molecule has 0 saturated carbocycles. The summed E-state index contributed by atoms with van der Waals surface area (Å²) in [5.74, 6) is 0.337. The molecule has 3 heterocycles. The molecule has 0 unspecified atom stereocenters.